The molecule has 0 aromatic heterocycles. The minimum atomic E-state index is -0.438. The zero-order valence-electron chi connectivity index (χ0n) is 18.7. The van der Waals surface area contributed by atoms with Crippen LogP contribution in [0.3, 0.4) is 0 Å². The highest BCUT2D eigenvalue weighted by Crippen LogP contribution is 2.43. The quantitative estimate of drug-likeness (QED) is 0.659. The van der Waals surface area contributed by atoms with Gasteiger partial charge in [0.1, 0.15) is 6.54 Å². The summed E-state index contributed by atoms with van der Waals surface area (Å²) in [5.41, 5.74) is 4.01. The Hall–Kier alpha value is -3.06. The zero-order chi connectivity index (χ0) is 23.0. The molecule has 2 aromatic rings. The van der Waals surface area contributed by atoms with Crippen LogP contribution in [-0.4, -0.2) is 41.1 Å². The van der Waals surface area contributed by atoms with Gasteiger partial charge in [0.2, 0.25) is 5.91 Å². The smallest absolute Gasteiger partial charge is 0.294 e. The van der Waals surface area contributed by atoms with Crippen molar-refractivity contribution in [2.75, 3.05) is 23.8 Å². The Labute approximate surface area is 192 Å². The van der Waals surface area contributed by atoms with Crippen molar-refractivity contribution in [2.24, 2.45) is 0 Å². The number of nitrogens with zero attached hydrogens (tertiary/aromatic N) is 2. The summed E-state index contributed by atoms with van der Waals surface area (Å²) in [7, 11) is 2.11. The number of carbonyl (C=O) groups is 3. The molecule has 2 aromatic carbocycles. The first-order chi connectivity index (χ1) is 15.2. The Kier molecular flexibility index (Phi) is 5.86. The summed E-state index contributed by atoms with van der Waals surface area (Å²) in [6.45, 7) is 6.39. The van der Waals surface area contributed by atoms with Crippen LogP contribution in [0.15, 0.2) is 53.4 Å². The van der Waals surface area contributed by atoms with E-state index in [1.807, 2.05) is 12.1 Å². The van der Waals surface area contributed by atoms with Crippen LogP contribution >= 0.6 is 11.8 Å². The second-order valence-electron chi connectivity index (χ2n) is 8.98. The maximum atomic E-state index is 12.8. The average molecular weight is 450 g/mol. The molecule has 0 aliphatic carbocycles. The summed E-state index contributed by atoms with van der Waals surface area (Å²) in [6.07, 6.45) is 2.78. The molecular weight excluding hydrogens is 422 g/mol. The summed E-state index contributed by atoms with van der Waals surface area (Å²) in [4.78, 5) is 41.2. The molecule has 2 aliphatic heterocycles. The van der Waals surface area contributed by atoms with Gasteiger partial charge in [0.05, 0.1) is 4.91 Å². The number of anilines is 2. The highest BCUT2D eigenvalue weighted by Gasteiger charge is 2.37. The Balaban J connectivity index is 1.51. The normalized spacial score (nSPS) is 21.1. The van der Waals surface area contributed by atoms with Gasteiger partial charge in [0.15, 0.2) is 0 Å². The second kappa shape index (κ2) is 8.47. The van der Waals surface area contributed by atoms with Crippen LogP contribution in [-0.2, 0) is 9.59 Å². The molecule has 4 rings (SSSR count). The van der Waals surface area contributed by atoms with Gasteiger partial charge in [-0.3, -0.25) is 19.3 Å². The lowest BCUT2D eigenvalue weighted by atomic mass is 9.80. The van der Waals surface area contributed by atoms with E-state index < -0.39 is 17.1 Å². The van der Waals surface area contributed by atoms with Crippen LogP contribution in [0, 0.1) is 0 Å². The third-order valence-corrected chi connectivity index (χ3v) is 7.10. The fourth-order valence-electron chi connectivity index (χ4n) is 4.34. The molecule has 1 atom stereocenters. The molecule has 0 saturated carbocycles. The first-order valence-corrected chi connectivity index (χ1v) is 11.5. The average Bonchev–Trinajstić information content (AvgIpc) is 3.00. The van der Waals surface area contributed by atoms with Crippen molar-refractivity contribution >= 4 is 46.3 Å². The van der Waals surface area contributed by atoms with E-state index in [9.17, 15) is 14.4 Å². The van der Waals surface area contributed by atoms with Crippen molar-refractivity contribution in [3.63, 3.8) is 0 Å². The first-order valence-electron chi connectivity index (χ1n) is 10.6. The summed E-state index contributed by atoms with van der Waals surface area (Å²) >= 11 is 0.872. The molecule has 32 heavy (non-hydrogen) atoms. The number of nitrogens with one attached hydrogen (secondary N) is 1. The maximum absolute atomic E-state index is 12.8. The fourth-order valence-corrected chi connectivity index (χ4v) is 5.18. The SMILES string of the molecule is CC1CC(C)(C)N(C)c2ccc(/C=C3/SC(=O)N(CC(=O)Nc4ccccc4)C3=O)cc21. The van der Waals surface area contributed by atoms with Crippen LogP contribution < -0.4 is 10.2 Å². The number of rotatable bonds is 4. The van der Waals surface area contributed by atoms with Gasteiger partial charge in [-0.25, -0.2) is 0 Å². The Morgan fingerprint density at radius 1 is 1.19 bits per heavy atom. The molecule has 1 fully saturated rings. The number of hydrogen-bond acceptors (Lipinski definition) is 5. The number of amides is 3. The Morgan fingerprint density at radius 3 is 2.62 bits per heavy atom. The summed E-state index contributed by atoms with van der Waals surface area (Å²) in [6, 6.07) is 15.1. The van der Waals surface area contributed by atoms with Gasteiger partial charge >= 0.3 is 0 Å². The Bertz CT molecular complexity index is 1110. The molecular formula is C25H27N3O3S. The predicted octanol–water partition coefficient (Wildman–Crippen LogP) is 5.08. The molecule has 1 unspecified atom stereocenters. The molecule has 1 saturated heterocycles. The number of para-hydroxylation sites is 1. The molecule has 7 heteroatoms. The molecule has 0 bridgehead atoms. The molecule has 3 amide bonds. The highest BCUT2D eigenvalue weighted by atomic mass is 32.2. The highest BCUT2D eigenvalue weighted by molar-refractivity contribution is 8.18. The van der Waals surface area contributed by atoms with E-state index in [0.29, 0.717) is 16.5 Å². The van der Waals surface area contributed by atoms with Crippen molar-refractivity contribution in [3.05, 3.63) is 64.6 Å². The van der Waals surface area contributed by atoms with Crippen molar-refractivity contribution in [3.8, 4) is 0 Å². The monoisotopic (exact) mass is 449 g/mol. The van der Waals surface area contributed by atoms with E-state index in [1.165, 1.54) is 11.3 Å². The minimum Gasteiger partial charge on any atom is -0.369 e. The number of thioether (sulfide) groups is 1. The van der Waals surface area contributed by atoms with Gasteiger partial charge in [0, 0.05) is 24.0 Å². The molecule has 0 radical (unpaired) electrons. The number of fused-ring (bicyclic) bond motifs is 1. The van der Waals surface area contributed by atoms with Crippen molar-refractivity contribution in [2.45, 2.75) is 38.6 Å². The van der Waals surface area contributed by atoms with Crippen molar-refractivity contribution in [1.82, 2.24) is 4.90 Å². The van der Waals surface area contributed by atoms with Crippen LogP contribution in [0.4, 0.5) is 16.2 Å². The van der Waals surface area contributed by atoms with Gasteiger partial charge in [-0.1, -0.05) is 31.2 Å². The van der Waals surface area contributed by atoms with Gasteiger partial charge < -0.3 is 10.2 Å². The summed E-state index contributed by atoms with van der Waals surface area (Å²) in [5, 5.41) is 2.27. The second-order valence-corrected chi connectivity index (χ2v) is 9.97. The van der Waals surface area contributed by atoms with Crippen molar-refractivity contribution < 1.29 is 14.4 Å². The number of hydrogen-bond donors (Lipinski definition) is 1. The summed E-state index contributed by atoms with van der Waals surface area (Å²) < 4.78 is 0. The minimum absolute atomic E-state index is 0.0803. The fraction of sp³-hybridized carbons (Fsp3) is 0.320. The van der Waals surface area contributed by atoms with Crippen LogP contribution in [0.5, 0.6) is 0 Å². The molecule has 1 N–H and O–H groups in total. The van der Waals surface area contributed by atoms with E-state index in [1.54, 1.807) is 30.3 Å². The molecule has 0 spiro atoms. The summed E-state index contributed by atoms with van der Waals surface area (Å²) in [5.74, 6) is -0.457. The molecule has 6 nitrogen and oxygen atoms in total. The third kappa shape index (κ3) is 4.30. The zero-order valence-corrected chi connectivity index (χ0v) is 19.5. The van der Waals surface area contributed by atoms with E-state index in [4.69, 9.17) is 0 Å². The lowest BCUT2D eigenvalue weighted by Gasteiger charge is -2.45. The standard InChI is InChI=1S/C25H27N3O3S/c1-16-14-25(2,3)27(4)20-11-10-17(12-19(16)20)13-21-23(30)28(24(31)32-21)15-22(29)26-18-8-6-5-7-9-18/h5-13,16H,14-15H2,1-4H3,(H,26,29)/b21-13+. The van der Waals surface area contributed by atoms with E-state index in [2.05, 4.69) is 50.2 Å². The van der Waals surface area contributed by atoms with Crippen LogP contribution in [0.1, 0.15) is 44.2 Å². The first kappa shape index (κ1) is 22.1. The van der Waals surface area contributed by atoms with Gasteiger partial charge in [-0.15, -0.1) is 0 Å². The van der Waals surface area contributed by atoms with E-state index in [0.717, 1.165) is 28.6 Å². The van der Waals surface area contributed by atoms with Gasteiger partial charge in [0.25, 0.3) is 11.1 Å². The lowest BCUT2D eigenvalue weighted by molar-refractivity contribution is -0.127. The van der Waals surface area contributed by atoms with Crippen LogP contribution in [0.2, 0.25) is 0 Å². The number of benzene rings is 2. The van der Waals surface area contributed by atoms with E-state index >= 15 is 0 Å². The largest absolute Gasteiger partial charge is 0.369 e. The van der Waals surface area contributed by atoms with Gasteiger partial charge in [-0.05, 0) is 79.4 Å². The van der Waals surface area contributed by atoms with Crippen LogP contribution in [0.25, 0.3) is 6.08 Å². The third-order valence-electron chi connectivity index (χ3n) is 6.19. The number of carbonyl (C=O) groups excluding carboxylic acids is 3. The molecule has 166 valence electrons. The predicted molar refractivity (Wildman–Crippen MR) is 130 cm³/mol. The van der Waals surface area contributed by atoms with Gasteiger partial charge in [-0.2, -0.15) is 0 Å². The van der Waals surface area contributed by atoms with Crippen molar-refractivity contribution in [1.29, 1.82) is 0 Å². The van der Waals surface area contributed by atoms with E-state index in [-0.39, 0.29) is 12.1 Å². The topological polar surface area (TPSA) is 69.7 Å². The number of imide groups is 1. The molecule has 2 aliphatic rings. The lowest BCUT2D eigenvalue weighted by Crippen LogP contribution is -2.45. The Morgan fingerprint density at radius 2 is 1.91 bits per heavy atom. The molecule has 2 heterocycles. The maximum Gasteiger partial charge on any atom is 0.294 e.